The van der Waals surface area contributed by atoms with Crippen molar-refractivity contribution in [1.29, 1.82) is 0 Å². The average molecular weight is 209 g/mol. The van der Waals surface area contributed by atoms with Gasteiger partial charge in [0.25, 0.3) is 0 Å². The third kappa shape index (κ3) is 2.83. The summed E-state index contributed by atoms with van der Waals surface area (Å²) in [7, 11) is 1.33. The van der Waals surface area contributed by atoms with Gasteiger partial charge in [0.15, 0.2) is 5.79 Å². The monoisotopic (exact) mass is 208 g/mol. The first-order chi connectivity index (χ1) is 6.09. The normalized spacial score (nSPS) is 33.3. The molecule has 5 heteroatoms. The summed E-state index contributed by atoms with van der Waals surface area (Å²) in [6.07, 6.45) is -0.0343. The molecule has 4 nitrogen and oxygen atoms in total. The second-order valence-corrected chi connectivity index (χ2v) is 3.40. The van der Waals surface area contributed by atoms with E-state index in [9.17, 15) is 4.79 Å². The van der Waals surface area contributed by atoms with Crippen molar-refractivity contribution in [2.75, 3.05) is 19.6 Å². The van der Waals surface area contributed by atoms with Gasteiger partial charge in [-0.25, -0.2) is 0 Å². The van der Waals surface area contributed by atoms with Crippen molar-refractivity contribution < 1.29 is 19.0 Å². The maximum atomic E-state index is 11.0. The molecule has 13 heavy (non-hydrogen) atoms. The number of carbonyl (C=O) groups is 1. The highest BCUT2D eigenvalue weighted by molar-refractivity contribution is 6.18. The van der Waals surface area contributed by atoms with Crippen molar-refractivity contribution in [2.24, 2.45) is 0 Å². The molecule has 1 aliphatic heterocycles. The summed E-state index contributed by atoms with van der Waals surface area (Å²) in [5.41, 5.74) is 0. The predicted molar refractivity (Wildman–Crippen MR) is 46.6 cm³/mol. The molecule has 0 aromatic rings. The fraction of sp³-hybridized carbons (Fsp3) is 0.875. The molecule has 0 saturated carbocycles. The lowest BCUT2D eigenvalue weighted by Crippen LogP contribution is -2.30. The number of hydrogen-bond acceptors (Lipinski definition) is 4. The van der Waals surface area contributed by atoms with E-state index < -0.39 is 5.79 Å². The van der Waals surface area contributed by atoms with Crippen LogP contribution in [0.15, 0.2) is 0 Å². The average Bonchev–Trinajstić information content (AvgIpc) is 2.47. The van der Waals surface area contributed by atoms with Crippen LogP contribution >= 0.6 is 11.6 Å². The molecule has 1 aliphatic rings. The summed E-state index contributed by atoms with van der Waals surface area (Å²) in [5.74, 6) is -0.846. The van der Waals surface area contributed by atoms with Crippen LogP contribution in [0.1, 0.15) is 13.3 Å². The van der Waals surface area contributed by atoms with E-state index in [-0.39, 0.29) is 18.5 Å². The molecule has 1 heterocycles. The lowest BCUT2D eigenvalue weighted by Gasteiger charge is -2.21. The Hall–Kier alpha value is -0.320. The summed E-state index contributed by atoms with van der Waals surface area (Å²) < 4.78 is 15.2. The van der Waals surface area contributed by atoms with Gasteiger partial charge in [0.1, 0.15) is 0 Å². The van der Waals surface area contributed by atoms with Crippen LogP contribution in [0.5, 0.6) is 0 Å². The minimum atomic E-state index is -0.868. The summed E-state index contributed by atoms with van der Waals surface area (Å²) in [6, 6.07) is 0. The Labute approximate surface area is 82.1 Å². The fourth-order valence-corrected chi connectivity index (χ4v) is 1.35. The van der Waals surface area contributed by atoms with Gasteiger partial charge in [-0.15, -0.1) is 11.6 Å². The predicted octanol–water partition coefficient (Wildman–Crippen LogP) is 0.920. The van der Waals surface area contributed by atoms with Crippen LogP contribution in [0.25, 0.3) is 0 Å². The van der Waals surface area contributed by atoms with Crippen LogP contribution < -0.4 is 0 Å². The van der Waals surface area contributed by atoms with Gasteiger partial charge < -0.3 is 14.2 Å². The second kappa shape index (κ2) is 4.26. The molecule has 0 N–H and O–H groups in total. The largest absolute Gasteiger partial charge is 0.469 e. The minimum absolute atomic E-state index is 0.0941. The molecule has 0 bridgehead atoms. The molecule has 0 spiro atoms. The molecular formula is C8H13ClO4. The Balaban J connectivity index is 2.44. The zero-order chi connectivity index (χ0) is 9.90. The molecule has 0 amide bonds. The van der Waals surface area contributed by atoms with Crippen molar-refractivity contribution in [1.82, 2.24) is 0 Å². The minimum Gasteiger partial charge on any atom is -0.469 e. The zero-order valence-electron chi connectivity index (χ0n) is 7.71. The summed E-state index contributed by atoms with van der Waals surface area (Å²) in [4.78, 5) is 11.0. The Bertz CT molecular complexity index is 197. The maximum absolute atomic E-state index is 11.0. The van der Waals surface area contributed by atoms with Gasteiger partial charge in [-0.1, -0.05) is 0 Å². The first-order valence-corrected chi connectivity index (χ1v) is 4.57. The van der Waals surface area contributed by atoms with E-state index in [2.05, 4.69) is 4.74 Å². The number of halogens is 1. The van der Waals surface area contributed by atoms with Gasteiger partial charge in [0, 0.05) is 0 Å². The van der Waals surface area contributed by atoms with Crippen molar-refractivity contribution >= 4 is 17.6 Å². The van der Waals surface area contributed by atoms with Gasteiger partial charge in [-0.05, 0) is 6.92 Å². The number of carbonyl (C=O) groups excluding carboxylic acids is 1. The van der Waals surface area contributed by atoms with Gasteiger partial charge in [0.2, 0.25) is 0 Å². The maximum Gasteiger partial charge on any atom is 0.310 e. The summed E-state index contributed by atoms with van der Waals surface area (Å²) in [6.45, 7) is 2.13. The lowest BCUT2D eigenvalue weighted by atomic mass is 10.2. The molecule has 0 aromatic carbocycles. The summed E-state index contributed by atoms with van der Waals surface area (Å²) >= 11 is 5.58. The SMILES string of the molecule is COC(=O)C[C@@]1(C)OC[C@H](CCl)O1. The molecule has 0 aliphatic carbocycles. The van der Waals surface area contributed by atoms with E-state index in [4.69, 9.17) is 21.1 Å². The van der Waals surface area contributed by atoms with E-state index in [1.165, 1.54) is 7.11 Å². The van der Waals surface area contributed by atoms with Gasteiger partial charge in [0.05, 0.1) is 32.1 Å². The van der Waals surface area contributed by atoms with Crippen LogP contribution in [0.2, 0.25) is 0 Å². The molecule has 1 fully saturated rings. The molecule has 1 saturated heterocycles. The van der Waals surface area contributed by atoms with Crippen LogP contribution in [-0.4, -0.2) is 37.5 Å². The number of methoxy groups -OCH3 is 1. The molecule has 1 rings (SSSR count). The van der Waals surface area contributed by atoms with Gasteiger partial charge in [-0.3, -0.25) is 4.79 Å². The highest BCUT2D eigenvalue weighted by Gasteiger charge is 2.39. The zero-order valence-corrected chi connectivity index (χ0v) is 8.47. The Kier molecular flexibility index (Phi) is 3.53. The molecule has 0 unspecified atom stereocenters. The third-order valence-electron chi connectivity index (χ3n) is 1.86. The van der Waals surface area contributed by atoms with Crippen LogP contribution in [-0.2, 0) is 19.0 Å². The van der Waals surface area contributed by atoms with Crippen LogP contribution in [0, 0.1) is 0 Å². The molecule has 2 atom stereocenters. The number of esters is 1. The van der Waals surface area contributed by atoms with E-state index in [1.807, 2.05) is 0 Å². The molecule has 0 aromatic heterocycles. The smallest absolute Gasteiger partial charge is 0.310 e. The fourth-order valence-electron chi connectivity index (χ4n) is 1.19. The third-order valence-corrected chi connectivity index (χ3v) is 2.20. The standard InChI is InChI=1S/C8H13ClO4/c1-8(3-7(10)11-2)12-5-6(4-9)13-8/h6H,3-5H2,1-2H3/t6-,8-/m0/s1. The molecular weight excluding hydrogens is 196 g/mol. The second-order valence-electron chi connectivity index (χ2n) is 3.09. The quantitative estimate of drug-likeness (QED) is 0.511. The van der Waals surface area contributed by atoms with E-state index >= 15 is 0 Å². The van der Waals surface area contributed by atoms with Crippen LogP contribution in [0.4, 0.5) is 0 Å². The Morgan fingerprint density at radius 3 is 2.92 bits per heavy atom. The van der Waals surface area contributed by atoms with Crippen molar-refractivity contribution in [3.8, 4) is 0 Å². The topological polar surface area (TPSA) is 44.8 Å². The Morgan fingerprint density at radius 1 is 1.77 bits per heavy atom. The highest BCUT2D eigenvalue weighted by Crippen LogP contribution is 2.27. The van der Waals surface area contributed by atoms with Gasteiger partial charge in [-0.2, -0.15) is 0 Å². The van der Waals surface area contributed by atoms with Crippen LogP contribution in [0.3, 0.4) is 0 Å². The van der Waals surface area contributed by atoms with Crippen molar-refractivity contribution in [3.63, 3.8) is 0 Å². The molecule has 76 valence electrons. The van der Waals surface area contributed by atoms with E-state index in [0.717, 1.165) is 0 Å². The van der Waals surface area contributed by atoms with Gasteiger partial charge >= 0.3 is 5.97 Å². The first-order valence-electron chi connectivity index (χ1n) is 4.04. The number of alkyl halides is 1. The Morgan fingerprint density at radius 2 is 2.46 bits per heavy atom. The first kappa shape index (κ1) is 10.8. The van der Waals surface area contributed by atoms with Crippen molar-refractivity contribution in [3.05, 3.63) is 0 Å². The number of rotatable bonds is 3. The molecule has 0 radical (unpaired) electrons. The lowest BCUT2D eigenvalue weighted by molar-refractivity contribution is -0.177. The summed E-state index contributed by atoms with van der Waals surface area (Å²) in [5, 5.41) is 0. The number of ether oxygens (including phenoxy) is 3. The van der Waals surface area contributed by atoms with E-state index in [1.54, 1.807) is 6.92 Å². The number of hydrogen-bond donors (Lipinski definition) is 0. The van der Waals surface area contributed by atoms with E-state index in [0.29, 0.717) is 12.5 Å². The van der Waals surface area contributed by atoms with Crippen molar-refractivity contribution in [2.45, 2.75) is 25.2 Å². The highest BCUT2D eigenvalue weighted by atomic mass is 35.5.